The molecule has 4 rings (SSSR count). The maximum Gasteiger partial charge on any atom is 0.260 e. The molecule has 0 fully saturated rings. The number of amides is 1. The summed E-state index contributed by atoms with van der Waals surface area (Å²) in [4.78, 5) is 24.0. The van der Waals surface area contributed by atoms with Gasteiger partial charge in [-0.25, -0.2) is 9.97 Å². The smallest absolute Gasteiger partial charge is 0.260 e. The Bertz CT molecular complexity index is 1140. The largest absolute Gasteiger partial charge is 0.337 e. The summed E-state index contributed by atoms with van der Waals surface area (Å²) in [6.45, 7) is 5.50. The highest BCUT2D eigenvalue weighted by molar-refractivity contribution is 7.22. The van der Waals surface area contributed by atoms with E-state index in [0.29, 0.717) is 17.1 Å². The Kier molecular flexibility index (Phi) is 5.65. The molecule has 4 aromatic rings. The van der Waals surface area contributed by atoms with E-state index in [4.69, 9.17) is 16.6 Å². The number of halogens is 1. The molecule has 0 spiro atoms. The van der Waals surface area contributed by atoms with E-state index in [1.807, 2.05) is 10.8 Å². The van der Waals surface area contributed by atoms with Gasteiger partial charge in [0.1, 0.15) is 0 Å². The van der Waals surface area contributed by atoms with Crippen molar-refractivity contribution in [2.75, 3.05) is 11.4 Å². The number of aromatic nitrogens is 3. The molecule has 2 aromatic heterocycles. The number of fused-ring (bicyclic) bond motifs is 1. The second kappa shape index (κ2) is 8.35. The number of carbonyl (C=O) groups excluding carboxylic acids is 1. The summed E-state index contributed by atoms with van der Waals surface area (Å²) in [5.41, 5.74) is 3.89. The minimum absolute atomic E-state index is 0.0688. The Morgan fingerprint density at radius 3 is 2.72 bits per heavy atom. The van der Waals surface area contributed by atoms with Crippen LogP contribution in [0, 0.1) is 13.8 Å². The summed E-state index contributed by atoms with van der Waals surface area (Å²) in [7, 11) is 0. The molecule has 5 nitrogen and oxygen atoms in total. The Hall–Kier alpha value is -2.70. The molecule has 1 amide bonds. The number of imidazole rings is 1. The molecule has 0 atom stereocenters. The summed E-state index contributed by atoms with van der Waals surface area (Å²) >= 11 is 7.56. The van der Waals surface area contributed by atoms with Crippen molar-refractivity contribution in [2.24, 2.45) is 0 Å². The SMILES string of the molecule is Cc1cc(C)c2sc(N(CCCn3ccnc3)C(=O)c3ccc(Cl)cc3)nc2c1. The van der Waals surface area contributed by atoms with E-state index < -0.39 is 0 Å². The molecule has 0 aliphatic heterocycles. The van der Waals surface area contributed by atoms with Gasteiger partial charge in [-0.2, -0.15) is 0 Å². The zero-order chi connectivity index (χ0) is 20.4. The monoisotopic (exact) mass is 424 g/mol. The van der Waals surface area contributed by atoms with Gasteiger partial charge in [-0.1, -0.05) is 29.0 Å². The van der Waals surface area contributed by atoms with Crippen LogP contribution in [0.5, 0.6) is 0 Å². The highest BCUT2D eigenvalue weighted by atomic mass is 35.5. The van der Waals surface area contributed by atoms with E-state index in [2.05, 4.69) is 31.0 Å². The molecule has 0 unspecified atom stereocenters. The van der Waals surface area contributed by atoms with Crippen LogP contribution in [0.25, 0.3) is 10.2 Å². The van der Waals surface area contributed by atoms with E-state index >= 15 is 0 Å². The van der Waals surface area contributed by atoms with E-state index in [-0.39, 0.29) is 5.91 Å². The maximum atomic E-state index is 13.3. The van der Waals surface area contributed by atoms with Gasteiger partial charge >= 0.3 is 0 Å². The number of thiazole rings is 1. The van der Waals surface area contributed by atoms with Gasteiger partial charge in [-0.3, -0.25) is 9.69 Å². The van der Waals surface area contributed by atoms with Crippen LogP contribution >= 0.6 is 22.9 Å². The lowest BCUT2D eigenvalue weighted by molar-refractivity contribution is 0.0986. The zero-order valence-electron chi connectivity index (χ0n) is 16.3. The Balaban J connectivity index is 1.66. The highest BCUT2D eigenvalue weighted by Crippen LogP contribution is 2.33. The lowest BCUT2D eigenvalue weighted by atomic mass is 10.1. The van der Waals surface area contributed by atoms with Gasteiger partial charge in [0.25, 0.3) is 5.91 Å². The molecular formula is C22H21ClN4OS. The van der Waals surface area contributed by atoms with Crippen molar-refractivity contribution in [2.45, 2.75) is 26.8 Å². The van der Waals surface area contributed by atoms with Gasteiger partial charge in [0.15, 0.2) is 5.13 Å². The van der Waals surface area contributed by atoms with Crippen molar-refractivity contribution in [1.82, 2.24) is 14.5 Å². The average molecular weight is 425 g/mol. The third-order valence-electron chi connectivity index (χ3n) is 4.73. The minimum Gasteiger partial charge on any atom is -0.337 e. The van der Waals surface area contributed by atoms with E-state index in [0.717, 1.165) is 28.3 Å². The van der Waals surface area contributed by atoms with E-state index in [1.165, 1.54) is 11.1 Å². The number of nitrogens with zero attached hydrogens (tertiary/aromatic N) is 4. The second-order valence-corrected chi connectivity index (χ2v) is 8.46. The van der Waals surface area contributed by atoms with Gasteiger partial charge in [0.05, 0.1) is 16.5 Å². The summed E-state index contributed by atoms with van der Waals surface area (Å²) in [6, 6.07) is 11.2. The lowest BCUT2D eigenvalue weighted by Crippen LogP contribution is -2.32. The van der Waals surface area contributed by atoms with E-state index in [1.54, 1.807) is 53.0 Å². The van der Waals surface area contributed by atoms with Crippen molar-refractivity contribution in [3.8, 4) is 0 Å². The van der Waals surface area contributed by atoms with Gasteiger partial charge in [-0.05, 0) is 61.7 Å². The zero-order valence-corrected chi connectivity index (χ0v) is 17.9. The summed E-state index contributed by atoms with van der Waals surface area (Å²) < 4.78 is 3.13. The summed E-state index contributed by atoms with van der Waals surface area (Å²) in [5.74, 6) is -0.0688. The molecule has 148 valence electrons. The normalized spacial score (nSPS) is 11.1. The Morgan fingerprint density at radius 1 is 1.21 bits per heavy atom. The van der Waals surface area contributed by atoms with Crippen LogP contribution in [-0.2, 0) is 6.54 Å². The van der Waals surface area contributed by atoms with Crippen molar-refractivity contribution in [1.29, 1.82) is 0 Å². The highest BCUT2D eigenvalue weighted by Gasteiger charge is 2.21. The predicted octanol–water partition coefficient (Wildman–Crippen LogP) is 5.50. The number of hydrogen-bond acceptors (Lipinski definition) is 4. The molecule has 0 N–H and O–H groups in total. The van der Waals surface area contributed by atoms with Gasteiger partial charge < -0.3 is 4.57 Å². The Morgan fingerprint density at radius 2 is 2.00 bits per heavy atom. The number of anilines is 1. The Labute approximate surface area is 178 Å². The number of aryl methyl sites for hydroxylation is 3. The van der Waals surface area contributed by atoms with Crippen molar-refractivity contribution >= 4 is 44.2 Å². The fraction of sp³-hybridized carbons (Fsp3) is 0.227. The molecule has 0 aliphatic carbocycles. The van der Waals surface area contributed by atoms with Crippen LogP contribution in [0.4, 0.5) is 5.13 Å². The van der Waals surface area contributed by atoms with Crippen LogP contribution in [0.2, 0.25) is 5.02 Å². The first-order valence-electron chi connectivity index (χ1n) is 9.42. The third-order valence-corrected chi connectivity index (χ3v) is 6.21. The summed E-state index contributed by atoms with van der Waals surface area (Å²) in [6.07, 6.45) is 6.27. The van der Waals surface area contributed by atoms with Crippen LogP contribution in [0.15, 0.2) is 55.1 Å². The molecule has 7 heteroatoms. The summed E-state index contributed by atoms with van der Waals surface area (Å²) in [5, 5.41) is 1.33. The third kappa shape index (κ3) is 4.33. The molecule has 0 bridgehead atoms. The minimum atomic E-state index is -0.0688. The molecule has 29 heavy (non-hydrogen) atoms. The molecule has 0 saturated heterocycles. The number of rotatable bonds is 6. The average Bonchev–Trinajstić information content (AvgIpc) is 3.35. The molecule has 0 radical (unpaired) electrons. The fourth-order valence-corrected chi connectivity index (χ4v) is 4.51. The molecule has 0 saturated carbocycles. The quantitative estimate of drug-likeness (QED) is 0.410. The first-order chi connectivity index (χ1) is 14.0. The van der Waals surface area contributed by atoms with Crippen LogP contribution < -0.4 is 4.90 Å². The first-order valence-corrected chi connectivity index (χ1v) is 10.6. The van der Waals surface area contributed by atoms with Gasteiger partial charge in [-0.15, -0.1) is 0 Å². The van der Waals surface area contributed by atoms with Gasteiger partial charge in [0.2, 0.25) is 0 Å². The topological polar surface area (TPSA) is 51.0 Å². The van der Waals surface area contributed by atoms with Crippen LogP contribution in [0.3, 0.4) is 0 Å². The van der Waals surface area contributed by atoms with Gasteiger partial charge in [0, 0.05) is 36.1 Å². The van der Waals surface area contributed by atoms with Crippen molar-refractivity contribution in [3.63, 3.8) is 0 Å². The van der Waals surface area contributed by atoms with E-state index in [9.17, 15) is 4.79 Å². The standard InChI is InChI=1S/C22H21ClN4OS/c1-15-12-16(2)20-19(13-15)25-22(29-20)27(10-3-9-26-11-8-24-14-26)21(28)17-4-6-18(23)7-5-17/h4-8,11-14H,3,9-10H2,1-2H3. The lowest BCUT2D eigenvalue weighted by Gasteiger charge is -2.20. The second-order valence-electron chi connectivity index (χ2n) is 7.04. The molecule has 0 aliphatic rings. The van der Waals surface area contributed by atoms with Crippen LogP contribution in [0.1, 0.15) is 27.9 Å². The number of hydrogen-bond donors (Lipinski definition) is 0. The first kappa shape index (κ1) is 19.6. The fourth-order valence-electron chi connectivity index (χ4n) is 3.34. The number of benzene rings is 2. The van der Waals surface area contributed by atoms with Crippen LogP contribution in [-0.4, -0.2) is 27.0 Å². The number of carbonyl (C=O) groups is 1. The maximum absolute atomic E-state index is 13.3. The van der Waals surface area contributed by atoms with Crippen molar-refractivity contribution in [3.05, 3.63) is 76.8 Å². The molecular weight excluding hydrogens is 404 g/mol. The molecule has 2 aromatic carbocycles. The molecule has 2 heterocycles. The predicted molar refractivity (Wildman–Crippen MR) is 119 cm³/mol. The van der Waals surface area contributed by atoms with Crippen molar-refractivity contribution < 1.29 is 4.79 Å².